The Morgan fingerprint density at radius 1 is 1.28 bits per heavy atom. The SMILES string of the molecule is Nc1cc(N2CCS(=O)CC2)nc(C(F)(F)F)n1. The van der Waals surface area contributed by atoms with Crippen LogP contribution in [0.2, 0.25) is 0 Å². The molecule has 0 atom stereocenters. The first kappa shape index (κ1) is 13.1. The van der Waals surface area contributed by atoms with Crippen LogP contribution in [-0.4, -0.2) is 38.8 Å². The van der Waals surface area contributed by atoms with Crippen LogP contribution in [-0.2, 0) is 17.0 Å². The molecule has 0 unspecified atom stereocenters. The second kappa shape index (κ2) is 4.71. The van der Waals surface area contributed by atoms with Crippen LogP contribution in [0.4, 0.5) is 24.8 Å². The van der Waals surface area contributed by atoms with E-state index in [9.17, 15) is 17.4 Å². The summed E-state index contributed by atoms with van der Waals surface area (Å²) in [5.74, 6) is -0.494. The van der Waals surface area contributed by atoms with E-state index in [-0.39, 0.29) is 11.6 Å². The molecule has 0 spiro atoms. The van der Waals surface area contributed by atoms with E-state index in [0.29, 0.717) is 24.6 Å². The topological polar surface area (TPSA) is 72.1 Å². The highest BCUT2D eigenvalue weighted by Crippen LogP contribution is 2.28. The number of aromatic nitrogens is 2. The molecular weight excluding hydrogens is 269 g/mol. The molecule has 2 heterocycles. The lowest BCUT2D eigenvalue weighted by Crippen LogP contribution is -2.38. The zero-order valence-corrected chi connectivity index (χ0v) is 10.1. The van der Waals surface area contributed by atoms with Gasteiger partial charge >= 0.3 is 6.18 Å². The number of nitrogens with two attached hydrogens (primary N) is 1. The summed E-state index contributed by atoms with van der Waals surface area (Å²) in [7, 11) is -0.901. The van der Waals surface area contributed by atoms with Crippen molar-refractivity contribution in [3.8, 4) is 0 Å². The van der Waals surface area contributed by atoms with E-state index in [1.807, 2.05) is 0 Å². The molecule has 5 nitrogen and oxygen atoms in total. The Labute approximate surface area is 104 Å². The maximum Gasteiger partial charge on any atom is 0.451 e. The first-order chi connectivity index (χ1) is 8.36. The van der Waals surface area contributed by atoms with Crippen LogP contribution in [0.5, 0.6) is 0 Å². The lowest BCUT2D eigenvalue weighted by Gasteiger charge is -2.27. The van der Waals surface area contributed by atoms with Crippen molar-refractivity contribution in [1.29, 1.82) is 0 Å². The second-order valence-electron chi connectivity index (χ2n) is 3.81. The highest BCUT2D eigenvalue weighted by molar-refractivity contribution is 7.85. The fraction of sp³-hybridized carbons (Fsp3) is 0.556. The van der Waals surface area contributed by atoms with Crippen molar-refractivity contribution >= 4 is 22.4 Å². The van der Waals surface area contributed by atoms with Gasteiger partial charge in [0, 0.05) is 41.5 Å². The standard InChI is InChI=1S/C9H11F3N4OS/c10-9(11,12)8-14-6(13)5-7(15-8)16-1-3-18(17)4-2-16/h5H,1-4H2,(H2,13,14,15). The number of alkyl halides is 3. The van der Waals surface area contributed by atoms with Gasteiger partial charge in [0.25, 0.3) is 0 Å². The molecular formula is C9H11F3N4OS. The number of rotatable bonds is 1. The highest BCUT2D eigenvalue weighted by Gasteiger charge is 2.35. The zero-order valence-electron chi connectivity index (χ0n) is 9.28. The van der Waals surface area contributed by atoms with Crippen molar-refractivity contribution in [1.82, 2.24) is 9.97 Å². The van der Waals surface area contributed by atoms with Crippen LogP contribution in [0, 0.1) is 0 Å². The van der Waals surface area contributed by atoms with Gasteiger partial charge in [0.05, 0.1) is 0 Å². The minimum Gasteiger partial charge on any atom is -0.384 e. The number of halogens is 3. The minimum atomic E-state index is -4.62. The third-order valence-corrected chi connectivity index (χ3v) is 3.76. The van der Waals surface area contributed by atoms with Gasteiger partial charge in [-0.05, 0) is 0 Å². The Morgan fingerprint density at radius 3 is 2.44 bits per heavy atom. The van der Waals surface area contributed by atoms with Crippen LogP contribution >= 0.6 is 0 Å². The molecule has 0 aromatic carbocycles. The zero-order chi connectivity index (χ0) is 13.3. The normalized spacial score (nSPS) is 18.1. The molecule has 0 radical (unpaired) electrons. The number of nitrogen functional groups attached to an aromatic ring is 1. The molecule has 9 heteroatoms. The Kier molecular flexibility index (Phi) is 3.42. The molecule has 1 aliphatic rings. The van der Waals surface area contributed by atoms with Crippen molar-refractivity contribution in [2.75, 3.05) is 35.2 Å². The largest absolute Gasteiger partial charge is 0.451 e. The second-order valence-corrected chi connectivity index (χ2v) is 5.50. The van der Waals surface area contributed by atoms with E-state index >= 15 is 0 Å². The van der Waals surface area contributed by atoms with E-state index in [0.717, 1.165) is 0 Å². The third kappa shape index (κ3) is 2.89. The number of hydrogen-bond donors (Lipinski definition) is 1. The summed E-state index contributed by atoms with van der Waals surface area (Å²) in [6.45, 7) is 0.806. The molecule has 0 aliphatic carbocycles. The molecule has 18 heavy (non-hydrogen) atoms. The van der Waals surface area contributed by atoms with Crippen molar-refractivity contribution in [2.45, 2.75) is 6.18 Å². The van der Waals surface area contributed by atoms with Gasteiger partial charge in [0.2, 0.25) is 5.82 Å². The van der Waals surface area contributed by atoms with E-state index in [4.69, 9.17) is 5.73 Å². The van der Waals surface area contributed by atoms with Gasteiger partial charge in [0.15, 0.2) is 0 Å². The van der Waals surface area contributed by atoms with Gasteiger partial charge in [0.1, 0.15) is 11.6 Å². The third-order valence-electron chi connectivity index (χ3n) is 2.49. The van der Waals surface area contributed by atoms with Crippen LogP contribution < -0.4 is 10.6 Å². The molecule has 1 fully saturated rings. The predicted octanol–water partition coefficient (Wildman–Crippen LogP) is 0.646. The predicted molar refractivity (Wildman–Crippen MR) is 61.5 cm³/mol. The Morgan fingerprint density at radius 2 is 1.89 bits per heavy atom. The van der Waals surface area contributed by atoms with Gasteiger partial charge in [-0.1, -0.05) is 0 Å². The van der Waals surface area contributed by atoms with Gasteiger partial charge in [-0.15, -0.1) is 0 Å². The van der Waals surface area contributed by atoms with Crippen LogP contribution in [0.25, 0.3) is 0 Å². The van der Waals surface area contributed by atoms with Gasteiger partial charge < -0.3 is 10.6 Å². The number of anilines is 2. The Bertz CT molecular complexity index is 469. The van der Waals surface area contributed by atoms with E-state index in [2.05, 4.69) is 9.97 Å². The molecule has 2 rings (SSSR count). The van der Waals surface area contributed by atoms with Gasteiger partial charge in [-0.2, -0.15) is 13.2 Å². The van der Waals surface area contributed by atoms with Crippen molar-refractivity contribution in [2.24, 2.45) is 0 Å². The lowest BCUT2D eigenvalue weighted by molar-refractivity contribution is -0.144. The summed E-state index contributed by atoms with van der Waals surface area (Å²) in [5, 5.41) is 0. The molecule has 1 saturated heterocycles. The fourth-order valence-corrected chi connectivity index (χ4v) is 2.66. The van der Waals surface area contributed by atoms with E-state index in [1.54, 1.807) is 4.90 Å². The average molecular weight is 280 g/mol. The summed E-state index contributed by atoms with van der Waals surface area (Å²) < 4.78 is 48.8. The van der Waals surface area contributed by atoms with E-state index < -0.39 is 22.8 Å². The fourth-order valence-electron chi connectivity index (χ4n) is 1.61. The maximum atomic E-state index is 12.5. The van der Waals surface area contributed by atoms with Crippen molar-refractivity contribution in [3.63, 3.8) is 0 Å². The van der Waals surface area contributed by atoms with E-state index in [1.165, 1.54) is 6.07 Å². The van der Waals surface area contributed by atoms with Crippen LogP contribution in [0.15, 0.2) is 6.07 Å². The highest BCUT2D eigenvalue weighted by atomic mass is 32.2. The quantitative estimate of drug-likeness (QED) is 0.817. The first-order valence-electron chi connectivity index (χ1n) is 5.18. The van der Waals surface area contributed by atoms with Gasteiger partial charge in [-0.3, -0.25) is 4.21 Å². The monoisotopic (exact) mass is 280 g/mol. The number of nitrogens with zero attached hydrogens (tertiary/aromatic N) is 3. The smallest absolute Gasteiger partial charge is 0.384 e. The molecule has 100 valence electrons. The minimum absolute atomic E-state index is 0.131. The summed E-state index contributed by atoms with van der Waals surface area (Å²) in [4.78, 5) is 8.27. The summed E-state index contributed by atoms with van der Waals surface area (Å²) in [6.07, 6.45) is -4.62. The molecule has 1 aliphatic heterocycles. The van der Waals surface area contributed by atoms with Crippen molar-refractivity contribution < 1.29 is 17.4 Å². The Hall–Kier alpha value is -1.38. The molecule has 1 aromatic rings. The van der Waals surface area contributed by atoms with Gasteiger partial charge in [-0.25, -0.2) is 9.97 Å². The molecule has 0 saturated carbocycles. The molecule has 1 aromatic heterocycles. The lowest BCUT2D eigenvalue weighted by atomic mass is 10.4. The summed E-state index contributed by atoms with van der Waals surface area (Å²) >= 11 is 0. The molecule has 2 N–H and O–H groups in total. The van der Waals surface area contributed by atoms with Crippen LogP contribution in [0.3, 0.4) is 0 Å². The molecule has 0 bridgehead atoms. The Balaban J connectivity index is 2.28. The first-order valence-corrected chi connectivity index (χ1v) is 6.67. The summed E-state index contributed by atoms with van der Waals surface area (Å²) in [5.41, 5.74) is 5.35. The average Bonchev–Trinajstić information content (AvgIpc) is 2.28. The maximum absolute atomic E-state index is 12.5. The summed E-state index contributed by atoms with van der Waals surface area (Å²) in [6, 6.07) is 1.30. The number of hydrogen-bond acceptors (Lipinski definition) is 5. The van der Waals surface area contributed by atoms with Crippen LogP contribution in [0.1, 0.15) is 5.82 Å². The molecule has 0 amide bonds. The van der Waals surface area contributed by atoms with Crippen molar-refractivity contribution in [3.05, 3.63) is 11.9 Å².